The number of carboxylic acids is 1. The summed E-state index contributed by atoms with van der Waals surface area (Å²) >= 11 is 0. The summed E-state index contributed by atoms with van der Waals surface area (Å²) in [6, 6.07) is 6.66. The van der Waals surface area contributed by atoms with E-state index in [9.17, 15) is 18.3 Å². The van der Waals surface area contributed by atoms with Crippen molar-refractivity contribution in [2.45, 2.75) is 24.7 Å². The lowest BCUT2D eigenvalue weighted by atomic mass is 9.90. The summed E-state index contributed by atoms with van der Waals surface area (Å²) in [6.45, 7) is 2.40. The summed E-state index contributed by atoms with van der Waals surface area (Å²) in [4.78, 5) is 11.4. The highest BCUT2D eigenvalue weighted by molar-refractivity contribution is 7.89. The van der Waals surface area contributed by atoms with Crippen LogP contribution in [0.2, 0.25) is 0 Å². The van der Waals surface area contributed by atoms with Crippen LogP contribution in [-0.4, -0.2) is 50.6 Å². The van der Waals surface area contributed by atoms with E-state index in [1.165, 1.54) is 4.31 Å². The Morgan fingerprint density at radius 1 is 1.36 bits per heavy atom. The standard InChI is InChI=1S/C15H21NO5S/c1-15(14(17)18)8-9-16(11-15)22(19,20)13-5-3-12(4-6-13)7-10-21-2/h3-6H,7-11H2,1-2H3,(H,17,18). The van der Waals surface area contributed by atoms with Crippen LogP contribution >= 0.6 is 0 Å². The van der Waals surface area contributed by atoms with Crippen LogP contribution in [0.4, 0.5) is 0 Å². The van der Waals surface area contributed by atoms with Crippen molar-refractivity contribution >= 4 is 16.0 Å². The van der Waals surface area contributed by atoms with Crippen molar-refractivity contribution < 1.29 is 23.1 Å². The molecule has 0 amide bonds. The van der Waals surface area contributed by atoms with Gasteiger partial charge in [0.15, 0.2) is 0 Å². The highest BCUT2D eigenvalue weighted by Crippen LogP contribution is 2.33. The number of benzene rings is 1. The maximum absolute atomic E-state index is 12.6. The first-order chi connectivity index (χ1) is 10.3. The van der Waals surface area contributed by atoms with Crippen molar-refractivity contribution in [1.82, 2.24) is 4.31 Å². The zero-order valence-electron chi connectivity index (χ0n) is 12.8. The van der Waals surface area contributed by atoms with E-state index in [2.05, 4.69) is 0 Å². The summed E-state index contributed by atoms with van der Waals surface area (Å²) in [5.74, 6) is -0.958. The Balaban J connectivity index is 2.16. The molecule has 1 unspecified atom stereocenters. The van der Waals surface area contributed by atoms with Crippen LogP contribution < -0.4 is 0 Å². The number of carboxylic acid groups (broad SMARTS) is 1. The predicted molar refractivity (Wildman–Crippen MR) is 81.1 cm³/mol. The smallest absolute Gasteiger partial charge is 0.310 e. The van der Waals surface area contributed by atoms with Gasteiger partial charge < -0.3 is 9.84 Å². The van der Waals surface area contributed by atoms with Gasteiger partial charge in [-0.15, -0.1) is 0 Å². The summed E-state index contributed by atoms with van der Waals surface area (Å²) in [7, 11) is -2.03. The molecule has 1 fully saturated rings. The van der Waals surface area contributed by atoms with Crippen molar-refractivity contribution in [2.75, 3.05) is 26.8 Å². The summed E-state index contributed by atoms with van der Waals surface area (Å²) in [5, 5.41) is 9.21. The highest BCUT2D eigenvalue weighted by Gasteiger charge is 2.44. The molecule has 1 aromatic rings. The molecule has 0 aromatic heterocycles. The third kappa shape index (κ3) is 3.31. The maximum atomic E-state index is 12.6. The first-order valence-corrected chi connectivity index (χ1v) is 8.55. The number of nitrogens with zero attached hydrogens (tertiary/aromatic N) is 1. The average Bonchev–Trinajstić information content (AvgIpc) is 2.90. The molecule has 1 aliphatic rings. The van der Waals surface area contributed by atoms with Crippen LogP contribution in [0, 0.1) is 5.41 Å². The molecule has 7 heteroatoms. The van der Waals surface area contributed by atoms with Crippen molar-refractivity contribution in [2.24, 2.45) is 5.41 Å². The molecule has 1 aromatic carbocycles. The van der Waals surface area contributed by atoms with Gasteiger partial charge in [0.05, 0.1) is 16.9 Å². The number of aliphatic carboxylic acids is 1. The molecule has 0 spiro atoms. The van der Waals surface area contributed by atoms with Gasteiger partial charge in [-0.3, -0.25) is 4.79 Å². The van der Waals surface area contributed by atoms with Crippen LogP contribution in [0.15, 0.2) is 29.2 Å². The molecular weight excluding hydrogens is 306 g/mol. The number of rotatable bonds is 6. The minimum Gasteiger partial charge on any atom is -0.481 e. The molecule has 6 nitrogen and oxygen atoms in total. The van der Waals surface area contributed by atoms with Gasteiger partial charge in [-0.2, -0.15) is 4.31 Å². The fourth-order valence-electron chi connectivity index (χ4n) is 2.50. The van der Waals surface area contributed by atoms with E-state index in [1.807, 2.05) is 0 Å². The molecule has 122 valence electrons. The second-order valence-corrected chi connectivity index (χ2v) is 7.78. The fraction of sp³-hybridized carbons (Fsp3) is 0.533. The van der Waals surface area contributed by atoms with E-state index >= 15 is 0 Å². The first-order valence-electron chi connectivity index (χ1n) is 7.11. The Morgan fingerprint density at radius 3 is 2.50 bits per heavy atom. The molecule has 0 aliphatic carbocycles. The fourth-order valence-corrected chi connectivity index (χ4v) is 4.06. The Labute approximate surface area is 130 Å². The van der Waals surface area contributed by atoms with E-state index in [0.717, 1.165) is 12.0 Å². The molecular formula is C15H21NO5S. The van der Waals surface area contributed by atoms with Crippen LogP contribution in [0.3, 0.4) is 0 Å². The lowest BCUT2D eigenvalue weighted by Crippen LogP contribution is -2.34. The minimum absolute atomic E-state index is 0.0100. The minimum atomic E-state index is -3.64. The third-order valence-corrected chi connectivity index (χ3v) is 5.97. The van der Waals surface area contributed by atoms with Gasteiger partial charge in [-0.1, -0.05) is 12.1 Å². The van der Waals surface area contributed by atoms with Crippen LogP contribution in [0.1, 0.15) is 18.9 Å². The number of sulfonamides is 1. The number of ether oxygens (including phenoxy) is 1. The van der Waals surface area contributed by atoms with E-state index in [1.54, 1.807) is 38.3 Å². The van der Waals surface area contributed by atoms with Gasteiger partial charge >= 0.3 is 5.97 Å². The number of hydrogen-bond donors (Lipinski definition) is 1. The molecule has 0 bridgehead atoms. The van der Waals surface area contributed by atoms with Crippen molar-refractivity contribution in [3.63, 3.8) is 0 Å². The van der Waals surface area contributed by atoms with E-state index in [-0.39, 0.29) is 18.0 Å². The normalized spacial score (nSPS) is 22.8. The number of methoxy groups -OCH3 is 1. The van der Waals surface area contributed by atoms with Gasteiger partial charge in [-0.05, 0) is 37.5 Å². The molecule has 1 atom stereocenters. The molecule has 0 radical (unpaired) electrons. The lowest BCUT2D eigenvalue weighted by Gasteiger charge is -2.20. The Morgan fingerprint density at radius 2 is 2.00 bits per heavy atom. The Kier molecular flexibility index (Phi) is 4.89. The molecule has 1 aliphatic heterocycles. The van der Waals surface area contributed by atoms with Crippen LogP contribution in [-0.2, 0) is 26.0 Å². The van der Waals surface area contributed by atoms with Crippen molar-refractivity contribution in [1.29, 1.82) is 0 Å². The quantitative estimate of drug-likeness (QED) is 0.853. The topological polar surface area (TPSA) is 83.9 Å². The Hall–Kier alpha value is -1.44. The highest BCUT2D eigenvalue weighted by atomic mass is 32.2. The first kappa shape index (κ1) is 16.9. The molecule has 1 heterocycles. The van der Waals surface area contributed by atoms with Crippen molar-refractivity contribution in [3.8, 4) is 0 Å². The summed E-state index contributed by atoms with van der Waals surface area (Å²) in [6.07, 6.45) is 1.05. The third-order valence-electron chi connectivity index (χ3n) is 4.11. The molecule has 0 saturated carbocycles. The second-order valence-electron chi connectivity index (χ2n) is 5.84. The molecule has 22 heavy (non-hydrogen) atoms. The van der Waals surface area contributed by atoms with E-state index < -0.39 is 21.4 Å². The summed E-state index contributed by atoms with van der Waals surface area (Å²) < 4.78 is 31.4. The molecule has 2 rings (SSSR count). The maximum Gasteiger partial charge on any atom is 0.310 e. The SMILES string of the molecule is COCCc1ccc(S(=O)(=O)N2CCC(C)(C(=O)O)C2)cc1. The van der Waals surface area contributed by atoms with Gasteiger partial charge in [-0.25, -0.2) is 8.42 Å². The zero-order valence-corrected chi connectivity index (χ0v) is 13.6. The van der Waals surface area contributed by atoms with Crippen molar-refractivity contribution in [3.05, 3.63) is 29.8 Å². The lowest BCUT2D eigenvalue weighted by molar-refractivity contribution is -0.146. The summed E-state index contributed by atoms with van der Waals surface area (Å²) in [5.41, 5.74) is -0.0107. The van der Waals surface area contributed by atoms with Gasteiger partial charge in [0.1, 0.15) is 0 Å². The van der Waals surface area contributed by atoms with E-state index in [4.69, 9.17) is 4.74 Å². The zero-order chi connectivity index (χ0) is 16.4. The molecule has 1 N–H and O–H groups in total. The monoisotopic (exact) mass is 327 g/mol. The average molecular weight is 327 g/mol. The number of hydrogen-bond acceptors (Lipinski definition) is 4. The van der Waals surface area contributed by atoms with Gasteiger partial charge in [0, 0.05) is 20.2 Å². The van der Waals surface area contributed by atoms with Gasteiger partial charge in [0.25, 0.3) is 0 Å². The second kappa shape index (κ2) is 6.36. The number of carbonyl (C=O) groups is 1. The van der Waals surface area contributed by atoms with Crippen LogP contribution in [0.25, 0.3) is 0 Å². The van der Waals surface area contributed by atoms with Gasteiger partial charge in [0.2, 0.25) is 10.0 Å². The Bertz CT molecular complexity index is 640. The largest absolute Gasteiger partial charge is 0.481 e. The van der Waals surface area contributed by atoms with Crippen LogP contribution in [0.5, 0.6) is 0 Å². The molecule has 1 saturated heterocycles. The predicted octanol–water partition coefficient (Wildman–Crippen LogP) is 1.36. The van der Waals surface area contributed by atoms with E-state index in [0.29, 0.717) is 13.0 Å².